The number of benzene rings is 1. The van der Waals surface area contributed by atoms with Crippen molar-refractivity contribution >= 4 is 5.91 Å². The SMILES string of the molecule is CN(C(=O)c1cccc(C(F)(F)F)c1F)C1CCNC1. The smallest absolute Gasteiger partial charge is 0.337 e. The molecule has 1 aliphatic heterocycles. The molecule has 20 heavy (non-hydrogen) atoms. The number of carbonyl (C=O) groups excluding carboxylic acids is 1. The zero-order chi connectivity index (χ0) is 14.9. The summed E-state index contributed by atoms with van der Waals surface area (Å²) in [7, 11) is 1.47. The minimum absolute atomic E-state index is 0.128. The maximum absolute atomic E-state index is 13.9. The largest absolute Gasteiger partial charge is 0.419 e. The van der Waals surface area contributed by atoms with Crippen molar-refractivity contribution in [3.05, 3.63) is 35.1 Å². The molecule has 1 aromatic rings. The minimum atomic E-state index is -4.81. The van der Waals surface area contributed by atoms with E-state index in [1.165, 1.54) is 11.9 Å². The zero-order valence-electron chi connectivity index (χ0n) is 10.8. The molecule has 7 heteroatoms. The molecule has 1 saturated heterocycles. The number of hydrogen-bond donors (Lipinski definition) is 1. The lowest BCUT2D eigenvalue weighted by Crippen LogP contribution is -2.38. The molecule has 0 bridgehead atoms. The zero-order valence-corrected chi connectivity index (χ0v) is 10.8. The van der Waals surface area contributed by atoms with Crippen molar-refractivity contribution in [2.75, 3.05) is 20.1 Å². The van der Waals surface area contributed by atoms with E-state index >= 15 is 0 Å². The van der Waals surface area contributed by atoms with E-state index in [0.717, 1.165) is 18.7 Å². The highest BCUT2D eigenvalue weighted by Gasteiger charge is 2.36. The molecule has 1 unspecified atom stereocenters. The topological polar surface area (TPSA) is 32.3 Å². The molecule has 1 aromatic carbocycles. The fraction of sp³-hybridized carbons (Fsp3) is 0.462. The van der Waals surface area contributed by atoms with Gasteiger partial charge in [0.05, 0.1) is 11.1 Å². The van der Waals surface area contributed by atoms with Crippen LogP contribution in [0.25, 0.3) is 0 Å². The molecule has 1 fully saturated rings. The average molecular weight is 290 g/mol. The molecular formula is C13H14F4N2O. The number of rotatable bonds is 2. The van der Waals surface area contributed by atoms with E-state index in [0.29, 0.717) is 19.0 Å². The van der Waals surface area contributed by atoms with E-state index in [1.54, 1.807) is 0 Å². The van der Waals surface area contributed by atoms with Crippen LogP contribution in [0.1, 0.15) is 22.3 Å². The second kappa shape index (κ2) is 5.40. The summed E-state index contributed by atoms with van der Waals surface area (Å²) in [6.07, 6.45) is -4.11. The number of hydrogen-bond acceptors (Lipinski definition) is 2. The number of likely N-dealkylation sites (N-methyl/N-ethyl adjacent to an activating group) is 1. The van der Waals surface area contributed by atoms with E-state index in [9.17, 15) is 22.4 Å². The first kappa shape index (κ1) is 14.8. The quantitative estimate of drug-likeness (QED) is 0.848. The fourth-order valence-corrected chi connectivity index (χ4v) is 2.24. The Morgan fingerprint density at radius 3 is 2.65 bits per heavy atom. The predicted molar refractivity (Wildman–Crippen MR) is 64.8 cm³/mol. The summed E-state index contributed by atoms with van der Waals surface area (Å²) < 4.78 is 51.7. The molecule has 1 amide bonds. The Hall–Kier alpha value is -1.63. The molecule has 0 radical (unpaired) electrons. The number of halogens is 4. The molecular weight excluding hydrogens is 276 g/mol. The van der Waals surface area contributed by atoms with Crippen molar-refractivity contribution in [3.63, 3.8) is 0 Å². The van der Waals surface area contributed by atoms with E-state index in [2.05, 4.69) is 5.32 Å². The second-order valence-corrected chi connectivity index (χ2v) is 4.73. The van der Waals surface area contributed by atoms with Gasteiger partial charge in [-0.05, 0) is 25.1 Å². The minimum Gasteiger partial charge on any atom is -0.337 e. The van der Waals surface area contributed by atoms with Crippen molar-refractivity contribution in [1.82, 2.24) is 10.2 Å². The van der Waals surface area contributed by atoms with Gasteiger partial charge in [-0.15, -0.1) is 0 Å². The summed E-state index contributed by atoms with van der Waals surface area (Å²) in [5.41, 5.74) is -1.96. The number of nitrogens with one attached hydrogen (secondary N) is 1. The van der Waals surface area contributed by atoms with Crippen LogP contribution < -0.4 is 5.32 Å². The normalized spacial score (nSPS) is 19.1. The van der Waals surface area contributed by atoms with Crippen LogP contribution in [0, 0.1) is 5.82 Å². The fourth-order valence-electron chi connectivity index (χ4n) is 2.24. The Kier molecular flexibility index (Phi) is 3.99. The maximum atomic E-state index is 13.9. The molecule has 0 aromatic heterocycles. The monoisotopic (exact) mass is 290 g/mol. The van der Waals surface area contributed by atoms with Gasteiger partial charge in [-0.2, -0.15) is 13.2 Å². The van der Waals surface area contributed by atoms with Crippen LogP contribution >= 0.6 is 0 Å². The van der Waals surface area contributed by atoms with Gasteiger partial charge in [-0.3, -0.25) is 4.79 Å². The van der Waals surface area contributed by atoms with Gasteiger partial charge in [0.25, 0.3) is 5.91 Å². The van der Waals surface area contributed by atoms with E-state index in [-0.39, 0.29) is 6.04 Å². The summed E-state index contributed by atoms with van der Waals surface area (Å²) in [4.78, 5) is 13.4. The average Bonchev–Trinajstić information content (AvgIpc) is 2.89. The Labute approximate surface area is 113 Å². The third kappa shape index (κ3) is 2.77. The summed E-state index contributed by atoms with van der Waals surface area (Å²) in [6.45, 7) is 1.29. The molecule has 0 spiro atoms. The highest BCUT2D eigenvalue weighted by molar-refractivity contribution is 5.94. The standard InChI is InChI=1S/C13H14F4N2O/c1-19(8-5-6-18-7-8)12(20)9-3-2-4-10(11(9)14)13(15,16)17/h2-4,8,18H,5-7H2,1H3. The van der Waals surface area contributed by atoms with Crippen molar-refractivity contribution in [1.29, 1.82) is 0 Å². The molecule has 1 N–H and O–H groups in total. The van der Waals surface area contributed by atoms with Gasteiger partial charge in [0.1, 0.15) is 5.82 Å². The van der Waals surface area contributed by atoms with Crippen LogP contribution in [0.2, 0.25) is 0 Å². The van der Waals surface area contributed by atoms with Crippen LogP contribution in [0.4, 0.5) is 17.6 Å². The summed E-state index contributed by atoms with van der Waals surface area (Å²) in [6, 6.07) is 2.62. The first-order valence-electron chi connectivity index (χ1n) is 6.16. The number of carbonyl (C=O) groups is 1. The Balaban J connectivity index is 2.30. The van der Waals surface area contributed by atoms with E-state index in [4.69, 9.17) is 0 Å². The first-order chi connectivity index (χ1) is 9.32. The van der Waals surface area contributed by atoms with Crippen LogP contribution in [-0.4, -0.2) is 37.0 Å². The highest BCUT2D eigenvalue weighted by Crippen LogP contribution is 2.32. The Morgan fingerprint density at radius 2 is 2.10 bits per heavy atom. The van der Waals surface area contributed by atoms with Crippen molar-refractivity contribution in [2.45, 2.75) is 18.6 Å². The number of alkyl halides is 3. The van der Waals surface area contributed by atoms with Crippen LogP contribution in [0.15, 0.2) is 18.2 Å². The predicted octanol–water partition coefficient (Wildman–Crippen LogP) is 2.28. The molecule has 2 rings (SSSR count). The van der Waals surface area contributed by atoms with Crippen LogP contribution in [0.5, 0.6) is 0 Å². The molecule has 1 heterocycles. The lowest BCUT2D eigenvalue weighted by atomic mass is 10.1. The van der Waals surface area contributed by atoms with Gasteiger partial charge >= 0.3 is 6.18 Å². The van der Waals surface area contributed by atoms with Gasteiger partial charge in [-0.1, -0.05) is 6.07 Å². The highest BCUT2D eigenvalue weighted by atomic mass is 19.4. The molecule has 1 atom stereocenters. The van der Waals surface area contributed by atoms with E-state index in [1.807, 2.05) is 0 Å². The van der Waals surface area contributed by atoms with Crippen molar-refractivity contribution in [2.24, 2.45) is 0 Å². The Bertz CT molecular complexity index is 510. The molecule has 1 aliphatic rings. The molecule has 0 saturated carbocycles. The number of nitrogens with zero attached hydrogens (tertiary/aromatic N) is 1. The third-order valence-corrected chi connectivity index (χ3v) is 3.44. The van der Waals surface area contributed by atoms with E-state index < -0.39 is 29.0 Å². The lowest BCUT2D eigenvalue weighted by Gasteiger charge is -2.24. The maximum Gasteiger partial charge on any atom is 0.419 e. The van der Waals surface area contributed by atoms with Gasteiger partial charge in [0.15, 0.2) is 0 Å². The van der Waals surface area contributed by atoms with Crippen LogP contribution in [0.3, 0.4) is 0 Å². The Morgan fingerprint density at radius 1 is 1.40 bits per heavy atom. The molecule has 3 nitrogen and oxygen atoms in total. The summed E-state index contributed by atoms with van der Waals surface area (Å²) in [5.74, 6) is -2.25. The first-order valence-corrected chi connectivity index (χ1v) is 6.16. The molecule has 110 valence electrons. The van der Waals surface area contributed by atoms with Gasteiger partial charge in [0, 0.05) is 19.6 Å². The van der Waals surface area contributed by atoms with Crippen molar-refractivity contribution in [3.8, 4) is 0 Å². The summed E-state index contributed by atoms with van der Waals surface area (Å²) in [5, 5.41) is 3.04. The van der Waals surface area contributed by atoms with Gasteiger partial charge in [0.2, 0.25) is 0 Å². The summed E-state index contributed by atoms with van der Waals surface area (Å²) >= 11 is 0. The second-order valence-electron chi connectivity index (χ2n) is 4.73. The van der Waals surface area contributed by atoms with Gasteiger partial charge < -0.3 is 10.2 Å². The number of amides is 1. The van der Waals surface area contributed by atoms with Crippen molar-refractivity contribution < 1.29 is 22.4 Å². The third-order valence-electron chi connectivity index (χ3n) is 3.44. The molecule has 0 aliphatic carbocycles. The lowest BCUT2D eigenvalue weighted by molar-refractivity contribution is -0.140. The van der Waals surface area contributed by atoms with Gasteiger partial charge in [-0.25, -0.2) is 4.39 Å². The van der Waals surface area contributed by atoms with Crippen LogP contribution in [-0.2, 0) is 6.18 Å².